The number of aromatic amines is 1. The highest BCUT2D eigenvalue weighted by molar-refractivity contribution is 5.97. The van der Waals surface area contributed by atoms with Crippen LogP contribution in [-0.2, 0) is 9.53 Å². The first-order chi connectivity index (χ1) is 8.06. The standard InChI is InChI=1S/C10H15N3O4/c1-6-7(5-11-13-6)9(14)12-8(10(15)16)3-4-17-2/h5,8H,3-4H2,1-2H3,(H,11,13)(H,12,14)(H,15,16). The molecule has 1 heterocycles. The van der Waals surface area contributed by atoms with Crippen LogP contribution in [0.15, 0.2) is 6.20 Å². The van der Waals surface area contributed by atoms with Crippen LogP contribution < -0.4 is 5.32 Å². The minimum Gasteiger partial charge on any atom is -0.480 e. The number of rotatable bonds is 6. The fraction of sp³-hybridized carbons (Fsp3) is 0.500. The Bertz CT molecular complexity index is 402. The molecule has 1 atom stereocenters. The van der Waals surface area contributed by atoms with E-state index in [1.807, 2.05) is 0 Å². The largest absolute Gasteiger partial charge is 0.480 e. The van der Waals surface area contributed by atoms with E-state index < -0.39 is 17.9 Å². The first-order valence-corrected chi connectivity index (χ1v) is 5.08. The minimum atomic E-state index is -1.09. The van der Waals surface area contributed by atoms with E-state index in [0.29, 0.717) is 11.3 Å². The Morgan fingerprint density at radius 3 is 2.82 bits per heavy atom. The Morgan fingerprint density at radius 2 is 2.35 bits per heavy atom. The zero-order valence-corrected chi connectivity index (χ0v) is 9.69. The maximum absolute atomic E-state index is 11.7. The predicted octanol–water partition coefficient (Wildman–Crippen LogP) is -0.0624. The summed E-state index contributed by atoms with van der Waals surface area (Å²) in [6, 6.07) is -0.961. The predicted molar refractivity (Wildman–Crippen MR) is 58.7 cm³/mol. The zero-order valence-electron chi connectivity index (χ0n) is 9.69. The van der Waals surface area contributed by atoms with Crippen LogP contribution in [0.2, 0.25) is 0 Å². The number of nitrogens with zero attached hydrogens (tertiary/aromatic N) is 1. The van der Waals surface area contributed by atoms with Crippen molar-refractivity contribution in [1.29, 1.82) is 0 Å². The molecule has 94 valence electrons. The fourth-order valence-corrected chi connectivity index (χ4v) is 1.31. The Morgan fingerprint density at radius 1 is 1.65 bits per heavy atom. The topological polar surface area (TPSA) is 104 Å². The van der Waals surface area contributed by atoms with Crippen molar-refractivity contribution in [2.24, 2.45) is 0 Å². The zero-order chi connectivity index (χ0) is 12.8. The Balaban J connectivity index is 2.64. The van der Waals surface area contributed by atoms with Crippen LogP contribution in [0.5, 0.6) is 0 Å². The molecule has 0 fully saturated rings. The van der Waals surface area contributed by atoms with Gasteiger partial charge in [0.05, 0.1) is 11.8 Å². The Labute approximate surface area is 98.2 Å². The van der Waals surface area contributed by atoms with E-state index in [-0.39, 0.29) is 13.0 Å². The number of aliphatic carboxylic acids is 1. The van der Waals surface area contributed by atoms with Gasteiger partial charge in [0.25, 0.3) is 5.91 Å². The van der Waals surface area contributed by atoms with Crippen molar-refractivity contribution >= 4 is 11.9 Å². The number of amides is 1. The normalized spacial score (nSPS) is 12.1. The summed E-state index contributed by atoms with van der Waals surface area (Å²) in [5, 5.41) is 17.6. The van der Waals surface area contributed by atoms with Crippen molar-refractivity contribution in [1.82, 2.24) is 15.5 Å². The number of carboxylic acid groups (broad SMARTS) is 1. The van der Waals surface area contributed by atoms with Crippen LogP contribution in [0, 0.1) is 6.92 Å². The van der Waals surface area contributed by atoms with Crippen molar-refractivity contribution in [3.05, 3.63) is 17.5 Å². The van der Waals surface area contributed by atoms with Gasteiger partial charge in [-0.2, -0.15) is 5.10 Å². The third-order valence-electron chi connectivity index (χ3n) is 2.29. The second kappa shape index (κ2) is 6.00. The molecule has 0 aromatic carbocycles. The maximum atomic E-state index is 11.7. The number of H-pyrrole nitrogens is 1. The van der Waals surface area contributed by atoms with Gasteiger partial charge in [0.15, 0.2) is 0 Å². The first-order valence-electron chi connectivity index (χ1n) is 5.08. The van der Waals surface area contributed by atoms with Gasteiger partial charge in [-0.3, -0.25) is 9.89 Å². The molecular formula is C10H15N3O4. The molecule has 17 heavy (non-hydrogen) atoms. The smallest absolute Gasteiger partial charge is 0.326 e. The molecule has 0 radical (unpaired) electrons. The van der Waals surface area contributed by atoms with E-state index in [1.165, 1.54) is 13.3 Å². The van der Waals surface area contributed by atoms with Gasteiger partial charge in [0.2, 0.25) is 0 Å². The molecule has 0 aliphatic carbocycles. The first kappa shape index (κ1) is 13.2. The van der Waals surface area contributed by atoms with E-state index in [4.69, 9.17) is 9.84 Å². The molecule has 3 N–H and O–H groups in total. The number of carboxylic acids is 1. The number of nitrogens with one attached hydrogen (secondary N) is 2. The van der Waals surface area contributed by atoms with Gasteiger partial charge in [0.1, 0.15) is 6.04 Å². The van der Waals surface area contributed by atoms with Gasteiger partial charge < -0.3 is 15.2 Å². The van der Waals surface area contributed by atoms with Gasteiger partial charge in [-0.25, -0.2) is 4.79 Å². The third-order valence-corrected chi connectivity index (χ3v) is 2.29. The lowest BCUT2D eigenvalue weighted by Crippen LogP contribution is -2.41. The molecule has 1 amide bonds. The van der Waals surface area contributed by atoms with Crippen LogP contribution in [0.4, 0.5) is 0 Å². The van der Waals surface area contributed by atoms with Gasteiger partial charge >= 0.3 is 5.97 Å². The molecule has 0 spiro atoms. The Hall–Kier alpha value is -1.89. The fourth-order valence-electron chi connectivity index (χ4n) is 1.31. The lowest BCUT2D eigenvalue weighted by Gasteiger charge is -2.13. The average Bonchev–Trinajstić information content (AvgIpc) is 2.70. The second-order valence-electron chi connectivity index (χ2n) is 3.55. The second-order valence-corrected chi connectivity index (χ2v) is 3.55. The molecule has 1 rings (SSSR count). The quantitative estimate of drug-likeness (QED) is 0.647. The summed E-state index contributed by atoms with van der Waals surface area (Å²) in [6.07, 6.45) is 1.58. The minimum absolute atomic E-state index is 0.217. The molecule has 1 unspecified atom stereocenters. The molecule has 0 aliphatic heterocycles. The summed E-state index contributed by atoms with van der Waals surface area (Å²) in [4.78, 5) is 22.6. The van der Waals surface area contributed by atoms with Gasteiger partial charge in [-0.05, 0) is 6.92 Å². The molecule has 0 bridgehead atoms. The number of methoxy groups -OCH3 is 1. The van der Waals surface area contributed by atoms with Crippen LogP contribution in [0.25, 0.3) is 0 Å². The number of hydrogen-bond donors (Lipinski definition) is 3. The highest BCUT2D eigenvalue weighted by atomic mass is 16.5. The van der Waals surface area contributed by atoms with Crippen molar-refractivity contribution < 1.29 is 19.4 Å². The number of ether oxygens (including phenoxy) is 1. The summed E-state index contributed by atoms with van der Waals surface area (Å²) in [5.74, 6) is -1.55. The molecule has 0 aliphatic rings. The molecule has 1 aromatic heterocycles. The van der Waals surface area contributed by atoms with Crippen molar-refractivity contribution in [2.75, 3.05) is 13.7 Å². The van der Waals surface area contributed by atoms with Gasteiger partial charge in [0, 0.05) is 25.8 Å². The van der Waals surface area contributed by atoms with Crippen LogP contribution in [0.1, 0.15) is 22.5 Å². The van der Waals surface area contributed by atoms with Crippen LogP contribution in [0.3, 0.4) is 0 Å². The molecular weight excluding hydrogens is 226 g/mol. The SMILES string of the molecule is COCCC(NC(=O)c1cn[nH]c1C)C(=O)O. The molecule has 0 saturated heterocycles. The molecule has 1 aromatic rings. The highest BCUT2D eigenvalue weighted by Gasteiger charge is 2.21. The monoisotopic (exact) mass is 241 g/mol. The third kappa shape index (κ3) is 3.56. The lowest BCUT2D eigenvalue weighted by molar-refractivity contribution is -0.139. The van der Waals surface area contributed by atoms with Gasteiger partial charge in [-0.15, -0.1) is 0 Å². The highest BCUT2D eigenvalue weighted by Crippen LogP contribution is 2.03. The van der Waals surface area contributed by atoms with Crippen LogP contribution >= 0.6 is 0 Å². The summed E-state index contributed by atoms with van der Waals surface area (Å²) in [6.45, 7) is 1.95. The molecule has 7 heteroatoms. The molecule has 7 nitrogen and oxygen atoms in total. The van der Waals surface area contributed by atoms with E-state index >= 15 is 0 Å². The number of aryl methyl sites for hydroxylation is 1. The number of aromatic nitrogens is 2. The lowest BCUT2D eigenvalue weighted by atomic mass is 10.2. The summed E-state index contributed by atoms with van der Waals surface area (Å²) in [7, 11) is 1.47. The van der Waals surface area contributed by atoms with E-state index in [0.717, 1.165) is 0 Å². The van der Waals surface area contributed by atoms with Gasteiger partial charge in [-0.1, -0.05) is 0 Å². The number of hydrogen-bond acceptors (Lipinski definition) is 4. The van der Waals surface area contributed by atoms with Crippen LogP contribution in [-0.4, -0.2) is 46.9 Å². The molecule has 0 saturated carbocycles. The Kier molecular flexibility index (Phi) is 4.65. The summed E-state index contributed by atoms with van der Waals surface area (Å²) >= 11 is 0. The van der Waals surface area contributed by atoms with E-state index in [9.17, 15) is 9.59 Å². The summed E-state index contributed by atoms with van der Waals surface area (Å²) < 4.78 is 4.79. The average molecular weight is 241 g/mol. The summed E-state index contributed by atoms with van der Waals surface area (Å²) in [5.41, 5.74) is 0.937. The number of carbonyl (C=O) groups excluding carboxylic acids is 1. The van der Waals surface area contributed by atoms with Crippen molar-refractivity contribution in [2.45, 2.75) is 19.4 Å². The maximum Gasteiger partial charge on any atom is 0.326 e. The number of carbonyl (C=O) groups is 2. The van der Waals surface area contributed by atoms with E-state index in [1.54, 1.807) is 6.92 Å². The van der Waals surface area contributed by atoms with E-state index in [2.05, 4.69) is 15.5 Å². The van der Waals surface area contributed by atoms with Crippen molar-refractivity contribution in [3.8, 4) is 0 Å². The van der Waals surface area contributed by atoms with Crippen molar-refractivity contribution in [3.63, 3.8) is 0 Å².